The lowest BCUT2D eigenvalue weighted by Gasteiger charge is -2.10. The quantitative estimate of drug-likeness (QED) is 0.405. The second-order valence-corrected chi connectivity index (χ2v) is 6.07. The zero-order valence-electron chi connectivity index (χ0n) is 14.0. The standard InChI is InChI=1S/C22H14O4/c1-24-21-15-8-3-5-12-18(15)26-22(23)19(21)16-10-6-9-14-13-7-2-4-11-17(13)25-20(14)16/h2-12H,1H3. The van der Waals surface area contributed by atoms with Gasteiger partial charge < -0.3 is 13.6 Å². The molecule has 0 aliphatic heterocycles. The molecule has 5 aromatic rings. The molecule has 26 heavy (non-hydrogen) atoms. The molecule has 0 unspecified atom stereocenters. The third kappa shape index (κ3) is 1.99. The van der Waals surface area contributed by atoms with Crippen molar-refractivity contribution in [2.75, 3.05) is 7.11 Å². The number of ether oxygens (including phenoxy) is 1. The normalized spacial score (nSPS) is 11.4. The highest BCUT2D eigenvalue weighted by atomic mass is 16.5. The van der Waals surface area contributed by atoms with Gasteiger partial charge in [-0.05, 0) is 18.2 Å². The van der Waals surface area contributed by atoms with Crippen LogP contribution < -0.4 is 10.4 Å². The van der Waals surface area contributed by atoms with Crippen LogP contribution in [0.2, 0.25) is 0 Å². The number of hydrogen-bond acceptors (Lipinski definition) is 4. The third-order valence-corrected chi connectivity index (χ3v) is 4.64. The van der Waals surface area contributed by atoms with Crippen molar-refractivity contribution in [3.63, 3.8) is 0 Å². The van der Waals surface area contributed by atoms with Crippen molar-refractivity contribution in [1.82, 2.24) is 0 Å². The summed E-state index contributed by atoms with van der Waals surface area (Å²) in [7, 11) is 1.56. The van der Waals surface area contributed by atoms with Crippen molar-refractivity contribution < 1.29 is 13.6 Å². The van der Waals surface area contributed by atoms with E-state index < -0.39 is 5.63 Å². The van der Waals surface area contributed by atoms with Crippen molar-refractivity contribution in [3.05, 3.63) is 77.2 Å². The highest BCUT2D eigenvalue weighted by Gasteiger charge is 2.21. The van der Waals surface area contributed by atoms with Crippen LogP contribution in [0, 0.1) is 0 Å². The van der Waals surface area contributed by atoms with Crippen molar-refractivity contribution in [3.8, 4) is 16.9 Å². The SMILES string of the molecule is COc1c(-c2cccc3c2oc2ccccc23)c(=O)oc2ccccc12. The minimum absolute atomic E-state index is 0.371. The van der Waals surface area contributed by atoms with E-state index >= 15 is 0 Å². The Morgan fingerprint density at radius 1 is 0.731 bits per heavy atom. The maximum Gasteiger partial charge on any atom is 0.348 e. The van der Waals surface area contributed by atoms with E-state index in [2.05, 4.69) is 0 Å². The van der Waals surface area contributed by atoms with Gasteiger partial charge in [0, 0.05) is 16.3 Å². The van der Waals surface area contributed by atoms with E-state index in [9.17, 15) is 4.79 Å². The molecule has 0 aliphatic carbocycles. The molecule has 4 heteroatoms. The largest absolute Gasteiger partial charge is 0.495 e. The Kier molecular flexibility index (Phi) is 3.12. The van der Waals surface area contributed by atoms with E-state index in [1.807, 2.05) is 60.7 Å². The number of rotatable bonds is 2. The molecule has 4 nitrogen and oxygen atoms in total. The molecule has 0 fully saturated rings. The predicted octanol–water partition coefficient (Wildman–Crippen LogP) is 5.37. The summed E-state index contributed by atoms with van der Waals surface area (Å²) in [5, 5.41) is 2.71. The number of furan rings is 1. The fourth-order valence-electron chi connectivity index (χ4n) is 3.51. The molecule has 3 aromatic carbocycles. The van der Waals surface area contributed by atoms with E-state index in [0.29, 0.717) is 28.0 Å². The number of fused-ring (bicyclic) bond motifs is 4. The van der Waals surface area contributed by atoms with Crippen LogP contribution in [0.4, 0.5) is 0 Å². The van der Waals surface area contributed by atoms with E-state index in [1.165, 1.54) is 0 Å². The van der Waals surface area contributed by atoms with Gasteiger partial charge in [0.05, 0.1) is 12.5 Å². The van der Waals surface area contributed by atoms with E-state index in [-0.39, 0.29) is 0 Å². The Morgan fingerprint density at radius 3 is 2.15 bits per heavy atom. The van der Waals surface area contributed by atoms with Gasteiger partial charge in [-0.15, -0.1) is 0 Å². The summed E-state index contributed by atoms with van der Waals surface area (Å²) in [6.07, 6.45) is 0. The average molecular weight is 342 g/mol. The molecular weight excluding hydrogens is 328 g/mol. The first-order chi connectivity index (χ1) is 12.8. The molecule has 0 bridgehead atoms. The first kappa shape index (κ1) is 14.8. The van der Waals surface area contributed by atoms with Gasteiger partial charge in [0.15, 0.2) is 0 Å². The van der Waals surface area contributed by atoms with Crippen LogP contribution in [-0.2, 0) is 0 Å². The Hall–Kier alpha value is -3.53. The maximum atomic E-state index is 12.8. The summed E-state index contributed by atoms with van der Waals surface area (Å²) in [5.41, 5.74) is 2.50. The second kappa shape index (κ2) is 5.49. The lowest BCUT2D eigenvalue weighted by atomic mass is 10.0. The van der Waals surface area contributed by atoms with Crippen LogP contribution in [0.25, 0.3) is 44.0 Å². The molecule has 5 rings (SSSR count). The van der Waals surface area contributed by atoms with Gasteiger partial charge >= 0.3 is 5.63 Å². The van der Waals surface area contributed by atoms with Gasteiger partial charge in [-0.2, -0.15) is 0 Å². The summed E-state index contributed by atoms with van der Waals surface area (Å²) in [4.78, 5) is 12.8. The lowest BCUT2D eigenvalue weighted by Crippen LogP contribution is -2.06. The Bertz CT molecular complexity index is 1340. The second-order valence-electron chi connectivity index (χ2n) is 6.07. The molecule has 0 N–H and O–H groups in total. The van der Waals surface area contributed by atoms with Crippen molar-refractivity contribution in [2.45, 2.75) is 0 Å². The Morgan fingerprint density at radius 2 is 1.38 bits per heavy atom. The molecule has 126 valence electrons. The average Bonchev–Trinajstić information content (AvgIpc) is 3.06. The summed E-state index contributed by atoms with van der Waals surface area (Å²) in [6, 6.07) is 20.9. The fourth-order valence-corrected chi connectivity index (χ4v) is 3.51. The van der Waals surface area contributed by atoms with Crippen LogP contribution in [0.1, 0.15) is 0 Å². The first-order valence-electron chi connectivity index (χ1n) is 8.28. The highest BCUT2D eigenvalue weighted by molar-refractivity contribution is 6.10. The zero-order chi connectivity index (χ0) is 17.7. The summed E-state index contributed by atoms with van der Waals surface area (Å²) in [6.45, 7) is 0. The van der Waals surface area contributed by atoms with Crippen LogP contribution in [0.15, 0.2) is 80.4 Å². The number of methoxy groups -OCH3 is 1. The smallest absolute Gasteiger partial charge is 0.348 e. The molecule has 0 spiro atoms. The maximum absolute atomic E-state index is 12.8. The van der Waals surface area contributed by atoms with E-state index in [1.54, 1.807) is 13.2 Å². The molecule has 0 radical (unpaired) electrons. The van der Waals surface area contributed by atoms with E-state index in [4.69, 9.17) is 13.6 Å². The van der Waals surface area contributed by atoms with Crippen LogP contribution >= 0.6 is 0 Å². The fraction of sp³-hybridized carbons (Fsp3) is 0.0455. The van der Waals surface area contributed by atoms with Crippen LogP contribution in [0.3, 0.4) is 0 Å². The molecule has 2 aromatic heterocycles. The van der Waals surface area contributed by atoms with Crippen LogP contribution in [-0.4, -0.2) is 7.11 Å². The topological polar surface area (TPSA) is 52.6 Å². The van der Waals surface area contributed by atoms with Gasteiger partial charge in [0.2, 0.25) is 0 Å². The van der Waals surface area contributed by atoms with Gasteiger partial charge in [-0.25, -0.2) is 4.79 Å². The minimum Gasteiger partial charge on any atom is -0.495 e. The van der Waals surface area contributed by atoms with Crippen LogP contribution in [0.5, 0.6) is 5.75 Å². The number of para-hydroxylation sites is 3. The minimum atomic E-state index is -0.450. The van der Waals surface area contributed by atoms with E-state index in [0.717, 1.165) is 21.7 Å². The van der Waals surface area contributed by atoms with Crippen molar-refractivity contribution in [1.29, 1.82) is 0 Å². The molecule has 0 saturated carbocycles. The summed E-state index contributed by atoms with van der Waals surface area (Å²) >= 11 is 0. The van der Waals surface area contributed by atoms with Gasteiger partial charge in [-0.3, -0.25) is 0 Å². The number of benzene rings is 3. The summed E-state index contributed by atoms with van der Waals surface area (Å²) < 4.78 is 17.2. The predicted molar refractivity (Wildman–Crippen MR) is 102 cm³/mol. The summed E-state index contributed by atoms with van der Waals surface area (Å²) in [5.74, 6) is 0.491. The van der Waals surface area contributed by atoms with Gasteiger partial charge in [-0.1, -0.05) is 48.5 Å². The molecular formula is C22H14O4. The van der Waals surface area contributed by atoms with Crippen molar-refractivity contribution >= 4 is 32.9 Å². The van der Waals surface area contributed by atoms with Gasteiger partial charge in [0.25, 0.3) is 0 Å². The monoisotopic (exact) mass is 342 g/mol. The van der Waals surface area contributed by atoms with Crippen molar-refractivity contribution in [2.24, 2.45) is 0 Å². The third-order valence-electron chi connectivity index (χ3n) is 4.64. The number of hydrogen-bond donors (Lipinski definition) is 0. The first-order valence-corrected chi connectivity index (χ1v) is 8.28. The highest BCUT2D eigenvalue weighted by Crippen LogP contribution is 2.40. The lowest BCUT2D eigenvalue weighted by molar-refractivity contribution is 0.415. The Labute approximate surface area is 148 Å². The molecule has 2 heterocycles. The molecule has 0 amide bonds. The Balaban J connectivity index is 1.94. The van der Waals surface area contributed by atoms with Gasteiger partial charge in [0.1, 0.15) is 28.1 Å². The zero-order valence-corrected chi connectivity index (χ0v) is 14.0. The molecule has 0 atom stereocenters. The molecule has 0 aliphatic rings. The molecule has 0 saturated heterocycles.